The lowest BCUT2D eigenvalue weighted by Crippen LogP contribution is -2.53. The molecule has 9 heteroatoms. The van der Waals surface area contributed by atoms with Crippen molar-refractivity contribution in [1.82, 2.24) is 9.80 Å². The fourth-order valence-electron chi connectivity index (χ4n) is 2.57. The van der Waals surface area contributed by atoms with Gasteiger partial charge in [-0.25, -0.2) is 13.2 Å². The number of carbonyl (C=O) groups excluding carboxylic acids is 1. The lowest BCUT2D eigenvalue weighted by molar-refractivity contribution is 0.0186. The predicted octanol–water partition coefficient (Wildman–Crippen LogP) is 1.33. The van der Waals surface area contributed by atoms with Crippen molar-refractivity contribution >= 4 is 21.9 Å². The van der Waals surface area contributed by atoms with Crippen molar-refractivity contribution in [2.75, 3.05) is 38.5 Å². The van der Waals surface area contributed by atoms with E-state index in [2.05, 4.69) is 4.99 Å². The Hall–Kier alpha value is -2.29. The fraction of sp³-hybridized carbons (Fsp3) is 0.556. The number of guanidine groups is 1. The average molecular weight is 397 g/mol. The van der Waals surface area contributed by atoms with Gasteiger partial charge < -0.3 is 20.3 Å². The molecule has 2 rings (SSSR count). The molecular formula is C18H28N4O4S. The molecule has 1 heterocycles. The Morgan fingerprint density at radius 3 is 2.22 bits per heavy atom. The Labute approximate surface area is 160 Å². The van der Waals surface area contributed by atoms with Gasteiger partial charge in [-0.15, -0.1) is 0 Å². The molecule has 0 radical (unpaired) electrons. The van der Waals surface area contributed by atoms with Crippen molar-refractivity contribution in [3.8, 4) is 0 Å². The molecule has 2 N–H and O–H groups in total. The van der Waals surface area contributed by atoms with Crippen LogP contribution in [-0.2, 0) is 14.6 Å². The average Bonchev–Trinajstić information content (AvgIpc) is 2.61. The van der Waals surface area contributed by atoms with Gasteiger partial charge in [0.2, 0.25) is 0 Å². The molecule has 0 aromatic heterocycles. The molecule has 1 aliphatic rings. The summed E-state index contributed by atoms with van der Waals surface area (Å²) in [4.78, 5) is 20.0. The van der Waals surface area contributed by atoms with Gasteiger partial charge in [0.1, 0.15) is 5.60 Å². The number of amides is 1. The molecule has 0 atom stereocenters. The van der Waals surface area contributed by atoms with Crippen LogP contribution in [0.5, 0.6) is 0 Å². The van der Waals surface area contributed by atoms with E-state index in [1.165, 1.54) is 0 Å². The number of aliphatic imine (C=N–C) groups is 1. The molecule has 0 unspecified atom stereocenters. The van der Waals surface area contributed by atoms with Crippen molar-refractivity contribution in [2.24, 2.45) is 10.7 Å². The number of carbonyl (C=O) groups is 1. The lowest BCUT2D eigenvalue weighted by Gasteiger charge is -2.36. The van der Waals surface area contributed by atoms with E-state index in [0.29, 0.717) is 32.1 Å². The summed E-state index contributed by atoms with van der Waals surface area (Å²) in [5.74, 6) is 0.192. The first kappa shape index (κ1) is 21.0. The largest absolute Gasteiger partial charge is 0.444 e. The van der Waals surface area contributed by atoms with Gasteiger partial charge in [-0.3, -0.25) is 4.99 Å². The number of benzene rings is 1. The highest BCUT2D eigenvalue weighted by Crippen LogP contribution is 2.12. The quantitative estimate of drug-likeness (QED) is 0.608. The highest BCUT2D eigenvalue weighted by molar-refractivity contribution is 7.91. The summed E-state index contributed by atoms with van der Waals surface area (Å²) in [6.45, 7) is 7.59. The smallest absolute Gasteiger partial charge is 0.410 e. The molecule has 8 nitrogen and oxygen atoms in total. The second-order valence-corrected chi connectivity index (χ2v) is 9.44. The summed E-state index contributed by atoms with van der Waals surface area (Å²) in [6, 6.07) is 8.28. The first-order valence-electron chi connectivity index (χ1n) is 8.89. The lowest BCUT2D eigenvalue weighted by atomic mass is 10.2. The third-order valence-electron chi connectivity index (χ3n) is 3.99. The van der Waals surface area contributed by atoms with Crippen LogP contribution in [-0.4, -0.2) is 74.3 Å². The Bertz CT molecular complexity index is 764. The molecule has 0 saturated carbocycles. The molecule has 1 aromatic rings. The minimum Gasteiger partial charge on any atom is -0.444 e. The predicted molar refractivity (Wildman–Crippen MR) is 104 cm³/mol. The van der Waals surface area contributed by atoms with Crippen molar-refractivity contribution in [1.29, 1.82) is 0 Å². The van der Waals surface area contributed by atoms with Gasteiger partial charge >= 0.3 is 6.09 Å². The summed E-state index contributed by atoms with van der Waals surface area (Å²) >= 11 is 0. The maximum Gasteiger partial charge on any atom is 0.410 e. The van der Waals surface area contributed by atoms with E-state index in [9.17, 15) is 13.2 Å². The van der Waals surface area contributed by atoms with Crippen molar-refractivity contribution in [2.45, 2.75) is 31.3 Å². The van der Waals surface area contributed by atoms with Crippen LogP contribution in [0.1, 0.15) is 20.8 Å². The second kappa shape index (κ2) is 8.60. The first-order chi connectivity index (χ1) is 12.6. The summed E-state index contributed by atoms with van der Waals surface area (Å²) in [5, 5.41) is 0. The van der Waals surface area contributed by atoms with E-state index in [-0.39, 0.29) is 23.3 Å². The third kappa shape index (κ3) is 6.42. The summed E-state index contributed by atoms with van der Waals surface area (Å²) < 4.78 is 29.8. The minimum absolute atomic E-state index is 0.0926. The standard InChI is InChI=1S/C18H28N4O4S/c1-18(2,3)26-17(23)22-12-10-21(11-13-22)16(19)20-9-14-27(24,25)15-7-5-4-6-8-15/h4-8H,9-14H2,1-3H3,(H2,19,20). The molecule has 0 bridgehead atoms. The molecular weight excluding hydrogens is 368 g/mol. The van der Waals surface area contributed by atoms with Crippen molar-refractivity contribution in [3.05, 3.63) is 30.3 Å². The minimum atomic E-state index is -3.37. The van der Waals surface area contributed by atoms with Gasteiger partial charge in [0.15, 0.2) is 15.8 Å². The zero-order chi connectivity index (χ0) is 20.1. The molecule has 27 heavy (non-hydrogen) atoms. The number of hydrogen-bond donors (Lipinski definition) is 1. The van der Waals surface area contributed by atoms with E-state index >= 15 is 0 Å². The van der Waals surface area contributed by atoms with Crippen LogP contribution in [0.3, 0.4) is 0 Å². The van der Waals surface area contributed by atoms with Gasteiger partial charge in [0, 0.05) is 26.2 Å². The van der Waals surface area contributed by atoms with Crippen LogP contribution in [0.4, 0.5) is 4.79 Å². The summed E-state index contributed by atoms with van der Waals surface area (Å²) in [7, 11) is -3.37. The molecule has 150 valence electrons. The van der Waals surface area contributed by atoms with Crippen LogP contribution in [0.25, 0.3) is 0 Å². The van der Waals surface area contributed by atoms with Gasteiger partial charge in [-0.2, -0.15) is 0 Å². The normalized spacial score (nSPS) is 16.3. The Kier molecular flexibility index (Phi) is 6.69. The first-order valence-corrected chi connectivity index (χ1v) is 10.5. The van der Waals surface area contributed by atoms with Crippen LogP contribution < -0.4 is 5.73 Å². The van der Waals surface area contributed by atoms with E-state index in [1.807, 2.05) is 25.7 Å². The number of rotatable bonds is 4. The number of sulfone groups is 1. The summed E-state index contributed by atoms with van der Waals surface area (Å²) in [6.07, 6.45) is -0.341. The maximum atomic E-state index is 12.2. The van der Waals surface area contributed by atoms with Crippen LogP contribution in [0, 0.1) is 0 Å². The second-order valence-electron chi connectivity index (χ2n) is 7.33. The topological polar surface area (TPSA) is 105 Å². The van der Waals surface area contributed by atoms with E-state index in [4.69, 9.17) is 10.5 Å². The molecule has 1 aromatic carbocycles. The highest BCUT2D eigenvalue weighted by atomic mass is 32.2. The number of ether oxygens (including phenoxy) is 1. The van der Waals surface area contributed by atoms with E-state index in [0.717, 1.165) is 0 Å². The highest BCUT2D eigenvalue weighted by Gasteiger charge is 2.26. The summed E-state index contributed by atoms with van der Waals surface area (Å²) in [5.41, 5.74) is 5.46. The molecule has 0 aliphatic carbocycles. The van der Waals surface area contributed by atoms with Crippen LogP contribution in [0.15, 0.2) is 40.2 Å². The third-order valence-corrected chi connectivity index (χ3v) is 5.70. The van der Waals surface area contributed by atoms with Gasteiger partial charge in [0.25, 0.3) is 0 Å². The monoisotopic (exact) mass is 396 g/mol. The maximum absolute atomic E-state index is 12.2. The number of piperazine rings is 1. The Balaban J connectivity index is 1.83. The number of nitrogens with two attached hydrogens (primary N) is 1. The zero-order valence-electron chi connectivity index (χ0n) is 16.1. The van der Waals surface area contributed by atoms with Gasteiger partial charge in [-0.1, -0.05) is 18.2 Å². The molecule has 1 aliphatic heterocycles. The van der Waals surface area contributed by atoms with Crippen LogP contribution >= 0.6 is 0 Å². The van der Waals surface area contributed by atoms with Gasteiger partial charge in [-0.05, 0) is 32.9 Å². The van der Waals surface area contributed by atoms with E-state index in [1.54, 1.807) is 35.2 Å². The number of nitrogens with zero attached hydrogens (tertiary/aromatic N) is 3. The molecule has 1 saturated heterocycles. The number of hydrogen-bond acceptors (Lipinski definition) is 5. The van der Waals surface area contributed by atoms with Crippen molar-refractivity contribution < 1.29 is 17.9 Å². The van der Waals surface area contributed by atoms with Crippen molar-refractivity contribution in [3.63, 3.8) is 0 Å². The fourth-order valence-corrected chi connectivity index (χ4v) is 3.71. The zero-order valence-corrected chi connectivity index (χ0v) is 16.9. The van der Waals surface area contributed by atoms with E-state index < -0.39 is 15.4 Å². The van der Waals surface area contributed by atoms with Gasteiger partial charge in [0.05, 0.1) is 17.2 Å². The SMILES string of the molecule is CC(C)(C)OC(=O)N1CCN(C(N)=NCCS(=O)(=O)c2ccccc2)CC1. The molecule has 1 amide bonds. The Morgan fingerprint density at radius 2 is 1.67 bits per heavy atom. The Morgan fingerprint density at radius 1 is 1.11 bits per heavy atom. The molecule has 0 spiro atoms. The molecule has 1 fully saturated rings. The van der Waals surface area contributed by atoms with Crippen LogP contribution in [0.2, 0.25) is 0 Å².